The Kier molecular flexibility index (Phi) is 5.22. The number of hydrogen-bond acceptors (Lipinski definition) is 3. The minimum atomic E-state index is -0.759. The van der Waals surface area contributed by atoms with Crippen molar-refractivity contribution in [2.45, 2.75) is 45.1 Å². The Bertz CT molecular complexity index is 217. The van der Waals surface area contributed by atoms with Gasteiger partial charge in [-0.25, -0.2) is 0 Å². The van der Waals surface area contributed by atoms with Crippen molar-refractivity contribution in [2.75, 3.05) is 26.2 Å². The number of amides is 1. The molecule has 1 fully saturated rings. The standard InChI is InChI=1S/C12H25N3O/c1-12(2,13)11(16)14-7-6-10-15-8-4-3-5-9-15/h3-10,13H2,1-2H3,(H,14,16). The largest absolute Gasteiger partial charge is 0.354 e. The van der Waals surface area contributed by atoms with E-state index in [0.29, 0.717) is 0 Å². The summed E-state index contributed by atoms with van der Waals surface area (Å²) in [5.41, 5.74) is 4.92. The molecule has 0 spiro atoms. The van der Waals surface area contributed by atoms with Crippen LogP contribution >= 0.6 is 0 Å². The van der Waals surface area contributed by atoms with E-state index >= 15 is 0 Å². The van der Waals surface area contributed by atoms with E-state index in [1.165, 1.54) is 32.4 Å². The predicted octanol–water partition coefficient (Wildman–Crippen LogP) is 0.716. The molecule has 0 unspecified atom stereocenters. The van der Waals surface area contributed by atoms with E-state index in [9.17, 15) is 4.79 Å². The fourth-order valence-electron chi connectivity index (χ4n) is 1.92. The zero-order chi connectivity index (χ0) is 12.0. The van der Waals surface area contributed by atoms with E-state index < -0.39 is 5.54 Å². The highest BCUT2D eigenvalue weighted by Gasteiger charge is 2.20. The molecule has 1 aliphatic rings. The summed E-state index contributed by atoms with van der Waals surface area (Å²) in [6.07, 6.45) is 5.03. The number of carbonyl (C=O) groups excluding carboxylic acids is 1. The van der Waals surface area contributed by atoms with Crippen LogP contribution in [0.3, 0.4) is 0 Å². The highest BCUT2D eigenvalue weighted by molar-refractivity contribution is 5.84. The molecule has 0 radical (unpaired) electrons. The Labute approximate surface area is 98.6 Å². The first-order valence-electron chi connectivity index (χ1n) is 6.30. The second-order valence-corrected chi connectivity index (χ2v) is 5.23. The van der Waals surface area contributed by atoms with Gasteiger partial charge in [0.1, 0.15) is 0 Å². The lowest BCUT2D eigenvalue weighted by Crippen LogP contribution is -2.49. The van der Waals surface area contributed by atoms with E-state index in [2.05, 4.69) is 10.2 Å². The average Bonchev–Trinajstić information content (AvgIpc) is 2.24. The molecular formula is C12H25N3O. The van der Waals surface area contributed by atoms with Crippen molar-refractivity contribution >= 4 is 5.91 Å². The normalized spacial score (nSPS) is 18.4. The fraction of sp³-hybridized carbons (Fsp3) is 0.917. The molecule has 0 bridgehead atoms. The number of carbonyl (C=O) groups is 1. The van der Waals surface area contributed by atoms with E-state index in [1.807, 2.05) is 0 Å². The third-order valence-corrected chi connectivity index (χ3v) is 2.97. The first-order valence-corrected chi connectivity index (χ1v) is 6.30. The Balaban J connectivity index is 2.05. The second kappa shape index (κ2) is 6.21. The maximum Gasteiger partial charge on any atom is 0.239 e. The number of hydrogen-bond donors (Lipinski definition) is 2. The third-order valence-electron chi connectivity index (χ3n) is 2.97. The van der Waals surface area contributed by atoms with Crippen molar-refractivity contribution in [1.82, 2.24) is 10.2 Å². The van der Waals surface area contributed by atoms with Gasteiger partial charge in [0.15, 0.2) is 0 Å². The summed E-state index contributed by atoms with van der Waals surface area (Å²) in [6.45, 7) is 7.72. The molecule has 1 rings (SSSR count). The van der Waals surface area contributed by atoms with Gasteiger partial charge in [-0.05, 0) is 52.7 Å². The maximum atomic E-state index is 11.5. The minimum Gasteiger partial charge on any atom is -0.354 e. The van der Waals surface area contributed by atoms with Crippen LogP contribution in [-0.4, -0.2) is 42.5 Å². The molecule has 0 saturated carbocycles. The first kappa shape index (κ1) is 13.5. The molecule has 0 aliphatic carbocycles. The molecule has 3 N–H and O–H groups in total. The lowest BCUT2D eigenvalue weighted by Gasteiger charge is -2.26. The van der Waals surface area contributed by atoms with Crippen LogP contribution in [0.15, 0.2) is 0 Å². The van der Waals surface area contributed by atoms with Crippen molar-refractivity contribution in [3.8, 4) is 0 Å². The molecular weight excluding hydrogens is 202 g/mol. The van der Waals surface area contributed by atoms with Crippen LogP contribution in [0.1, 0.15) is 39.5 Å². The Morgan fingerprint density at radius 1 is 1.31 bits per heavy atom. The van der Waals surface area contributed by atoms with E-state index in [-0.39, 0.29) is 5.91 Å². The molecule has 1 heterocycles. The van der Waals surface area contributed by atoms with E-state index in [1.54, 1.807) is 13.8 Å². The van der Waals surface area contributed by atoms with E-state index in [0.717, 1.165) is 19.5 Å². The van der Waals surface area contributed by atoms with Crippen molar-refractivity contribution < 1.29 is 4.79 Å². The molecule has 16 heavy (non-hydrogen) atoms. The van der Waals surface area contributed by atoms with Crippen LogP contribution in [0.5, 0.6) is 0 Å². The van der Waals surface area contributed by atoms with Gasteiger partial charge in [-0.1, -0.05) is 6.42 Å². The number of rotatable bonds is 5. The monoisotopic (exact) mass is 227 g/mol. The Morgan fingerprint density at radius 2 is 1.94 bits per heavy atom. The number of nitrogens with zero attached hydrogens (tertiary/aromatic N) is 1. The Hall–Kier alpha value is -0.610. The summed E-state index contributed by atoms with van der Waals surface area (Å²) in [7, 11) is 0. The molecule has 0 aromatic rings. The Morgan fingerprint density at radius 3 is 2.50 bits per heavy atom. The number of nitrogens with one attached hydrogen (secondary N) is 1. The highest BCUT2D eigenvalue weighted by Crippen LogP contribution is 2.08. The summed E-state index contributed by atoms with van der Waals surface area (Å²) in [5, 5.41) is 2.87. The lowest BCUT2D eigenvalue weighted by atomic mass is 10.1. The molecule has 0 aromatic carbocycles. The van der Waals surface area contributed by atoms with Crippen LogP contribution in [0.2, 0.25) is 0 Å². The van der Waals surface area contributed by atoms with Crippen LogP contribution in [0.4, 0.5) is 0 Å². The molecule has 4 nitrogen and oxygen atoms in total. The SMILES string of the molecule is CC(C)(N)C(=O)NCCCN1CCCCC1. The predicted molar refractivity (Wildman–Crippen MR) is 66.2 cm³/mol. The van der Waals surface area contributed by atoms with Crippen molar-refractivity contribution in [3.05, 3.63) is 0 Å². The van der Waals surface area contributed by atoms with E-state index in [4.69, 9.17) is 5.73 Å². The topological polar surface area (TPSA) is 58.4 Å². The summed E-state index contributed by atoms with van der Waals surface area (Å²) < 4.78 is 0. The quantitative estimate of drug-likeness (QED) is 0.680. The summed E-state index contributed by atoms with van der Waals surface area (Å²) in [6, 6.07) is 0. The summed E-state index contributed by atoms with van der Waals surface area (Å²) in [4.78, 5) is 13.9. The smallest absolute Gasteiger partial charge is 0.239 e. The van der Waals surface area contributed by atoms with Gasteiger partial charge < -0.3 is 16.0 Å². The molecule has 1 aliphatic heterocycles. The summed E-state index contributed by atoms with van der Waals surface area (Å²) >= 11 is 0. The minimum absolute atomic E-state index is 0.0638. The van der Waals surface area contributed by atoms with Gasteiger partial charge in [-0.3, -0.25) is 4.79 Å². The number of nitrogens with two attached hydrogens (primary N) is 1. The summed E-state index contributed by atoms with van der Waals surface area (Å²) in [5.74, 6) is -0.0638. The van der Waals surface area contributed by atoms with Crippen LogP contribution in [0, 0.1) is 0 Å². The third kappa shape index (κ3) is 4.94. The van der Waals surface area contributed by atoms with Crippen LogP contribution < -0.4 is 11.1 Å². The molecule has 0 aromatic heterocycles. The molecule has 1 saturated heterocycles. The molecule has 0 atom stereocenters. The average molecular weight is 227 g/mol. The van der Waals surface area contributed by atoms with Crippen LogP contribution in [0.25, 0.3) is 0 Å². The van der Waals surface area contributed by atoms with Gasteiger partial charge in [-0.2, -0.15) is 0 Å². The highest BCUT2D eigenvalue weighted by atomic mass is 16.2. The zero-order valence-electron chi connectivity index (χ0n) is 10.6. The van der Waals surface area contributed by atoms with Crippen LogP contribution in [-0.2, 0) is 4.79 Å². The second-order valence-electron chi connectivity index (χ2n) is 5.23. The molecule has 1 amide bonds. The zero-order valence-corrected chi connectivity index (χ0v) is 10.6. The maximum absolute atomic E-state index is 11.5. The fourth-order valence-corrected chi connectivity index (χ4v) is 1.92. The van der Waals surface area contributed by atoms with Gasteiger partial charge in [0.2, 0.25) is 5.91 Å². The molecule has 94 valence electrons. The number of piperidine rings is 1. The van der Waals surface area contributed by atoms with Crippen molar-refractivity contribution in [2.24, 2.45) is 5.73 Å². The van der Waals surface area contributed by atoms with Crippen molar-refractivity contribution in [1.29, 1.82) is 0 Å². The van der Waals surface area contributed by atoms with Gasteiger partial charge in [0.05, 0.1) is 5.54 Å². The van der Waals surface area contributed by atoms with Gasteiger partial charge in [0.25, 0.3) is 0 Å². The molecule has 4 heteroatoms. The number of likely N-dealkylation sites (tertiary alicyclic amines) is 1. The van der Waals surface area contributed by atoms with Gasteiger partial charge in [0, 0.05) is 6.54 Å². The van der Waals surface area contributed by atoms with Gasteiger partial charge >= 0.3 is 0 Å². The van der Waals surface area contributed by atoms with Crippen molar-refractivity contribution in [3.63, 3.8) is 0 Å². The lowest BCUT2D eigenvalue weighted by molar-refractivity contribution is -0.125. The first-order chi connectivity index (χ1) is 7.50. The van der Waals surface area contributed by atoms with Gasteiger partial charge in [-0.15, -0.1) is 0 Å².